The van der Waals surface area contributed by atoms with Crippen LogP contribution in [0.25, 0.3) is 0 Å². The Balaban J connectivity index is 2.50. The van der Waals surface area contributed by atoms with E-state index in [0.29, 0.717) is 6.08 Å². The Morgan fingerprint density at radius 1 is 0.615 bits per heavy atom. The van der Waals surface area contributed by atoms with Gasteiger partial charge in [0.2, 0.25) is 0 Å². The Kier molecular flexibility index (Phi) is 4.41. The van der Waals surface area contributed by atoms with Gasteiger partial charge in [-0.15, -0.1) is 0 Å². The molecule has 0 aromatic heterocycles. The van der Waals surface area contributed by atoms with E-state index in [0.717, 1.165) is 0 Å². The Labute approximate surface area is 137 Å². The van der Waals surface area contributed by atoms with Gasteiger partial charge < -0.3 is 0 Å². The molecule has 26 heavy (non-hydrogen) atoms. The van der Waals surface area contributed by atoms with Gasteiger partial charge >= 0.3 is 35.8 Å². The van der Waals surface area contributed by atoms with Crippen LogP contribution in [0.2, 0.25) is 0 Å². The van der Waals surface area contributed by atoms with Crippen LogP contribution >= 0.6 is 0 Å². The van der Waals surface area contributed by atoms with Gasteiger partial charge in [0.1, 0.15) is 0 Å². The molecule has 0 aromatic rings. The second-order valence-corrected chi connectivity index (χ2v) is 6.26. The third-order valence-electron chi connectivity index (χ3n) is 4.62. The highest BCUT2D eigenvalue weighted by atomic mass is 19.4. The fourth-order valence-electron chi connectivity index (χ4n) is 3.15. The molecular weight excluding hydrogens is 403 g/mol. The summed E-state index contributed by atoms with van der Waals surface area (Å²) in [5, 5.41) is 0. The molecule has 2 aliphatic carbocycles. The number of alkyl halides is 13. The van der Waals surface area contributed by atoms with Crippen molar-refractivity contribution in [3.8, 4) is 0 Å². The third-order valence-corrected chi connectivity index (χ3v) is 4.62. The fourth-order valence-corrected chi connectivity index (χ4v) is 3.15. The molecule has 2 aliphatic rings. The Morgan fingerprint density at radius 2 is 1.08 bits per heavy atom. The molecule has 0 nitrogen and oxygen atoms in total. The first-order valence-electron chi connectivity index (χ1n) is 7.00. The second-order valence-electron chi connectivity index (χ2n) is 6.26. The molecule has 1 saturated carbocycles. The van der Waals surface area contributed by atoms with Crippen LogP contribution in [0.3, 0.4) is 0 Å². The molecule has 0 aromatic carbocycles. The van der Waals surface area contributed by atoms with Crippen molar-refractivity contribution in [1.29, 1.82) is 0 Å². The molecule has 2 unspecified atom stereocenters. The monoisotopic (exact) mass is 412 g/mol. The van der Waals surface area contributed by atoms with Crippen molar-refractivity contribution < 1.29 is 57.1 Å². The predicted molar refractivity (Wildman–Crippen MR) is 59.7 cm³/mol. The van der Waals surface area contributed by atoms with Crippen LogP contribution in [0.1, 0.15) is 19.3 Å². The van der Waals surface area contributed by atoms with Gasteiger partial charge in [0.25, 0.3) is 0 Å². The minimum absolute atomic E-state index is 0.150. The van der Waals surface area contributed by atoms with Gasteiger partial charge in [0.15, 0.2) is 0 Å². The van der Waals surface area contributed by atoms with E-state index in [1.165, 1.54) is 0 Å². The van der Waals surface area contributed by atoms with E-state index < -0.39 is 53.2 Å². The Morgan fingerprint density at radius 3 is 1.42 bits per heavy atom. The number of allylic oxidation sites excluding steroid dienone is 2. The van der Waals surface area contributed by atoms with Crippen molar-refractivity contribution in [2.75, 3.05) is 0 Å². The molecule has 2 atom stereocenters. The molecule has 2 bridgehead atoms. The number of hydrogen-bond acceptors (Lipinski definition) is 0. The van der Waals surface area contributed by atoms with Crippen molar-refractivity contribution in [3.63, 3.8) is 0 Å². The van der Waals surface area contributed by atoms with Gasteiger partial charge in [0, 0.05) is 5.57 Å². The zero-order chi connectivity index (χ0) is 20.6. The summed E-state index contributed by atoms with van der Waals surface area (Å²) in [5.41, 5.74) is -1.65. The normalized spacial score (nSPS) is 25.7. The fraction of sp³-hybridized carbons (Fsp3) is 0.846. The van der Waals surface area contributed by atoms with Crippen molar-refractivity contribution in [3.05, 3.63) is 11.6 Å². The van der Waals surface area contributed by atoms with Crippen molar-refractivity contribution in [1.82, 2.24) is 0 Å². The van der Waals surface area contributed by atoms with Crippen molar-refractivity contribution >= 4 is 0 Å². The van der Waals surface area contributed by atoms with Gasteiger partial charge in [-0.25, -0.2) is 0 Å². The summed E-state index contributed by atoms with van der Waals surface area (Å²) in [6.07, 6.45) is -6.98. The van der Waals surface area contributed by atoms with Gasteiger partial charge in [0.05, 0.1) is 0 Å². The van der Waals surface area contributed by atoms with E-state index in [-0.39, 0.29) is 19.3 Å². The van der Waals surface area contributed by atoms with Gasteiger partial charge in [-0.2, -0.15) is 57.1 Å². The maximum atomic E-state index is 13.9. The molecule has 2 rings (SSSR count). The number of hydrogen-bond donors (Lipinski definition) is 0. The number of halogens is 13. The second kappa shape index (κ2) is 5.43. The average molecular weight is 412 g/mol. The average Bonchev–Trinajstić information content (AvgIpc) is 3.07. The van der Waals surface area contributed by atoms with E-state index in [1.807, 2.05) is 0 Å². The first-order chi connectivity index (χ1) is 11.3. The van der Waals surface area contributed by atoms with E-state index in [2.05, 4.69) is 0 Å². The van der Waals surface area contributed by atoms with Crippen LogP contribution in [0.4, 0.5) is 57.1 Å². The number of rotatable bonds is 5. The van der Waals surface area contributed by atoms with Crippen LogP contribution in [0, 0.1) is 11.8 Å². The zero-order valence-electron chi connectivity index (χ0n) is 12.3. The maximum Gasteiger partial charge on any atom is 0.460 e. The predicted octanol–water partition coefficient (Wildman–Crippen LogP) is 6.08. The lowest BCUT2D eigenvalue weighted by Gasteiger charge is -2.40. The summed E-state index contributed by atoms with van der Waals surface area (Å²) >= 11 is 0. The lowest BCUT2D eigenvalue weighted by molar-refractivity contribution is -0.437. The molecule has 0 radical (unpaired) electrons. The molecular formula is C13H9F13. The minimum atomic E-state index is -7.83. The minimum Gasteiger partial charge on any atom is -0.194 e. The molecule has 0 aliphatic heterocycles. The molecule has 1 fully saturated rings. The third kappa shape index (κ3) is 2.44. The van der Waals surface area contributed by atoms with Crippen molar-refractivity contribution in [2.45, 2.75) is 55.1 Å². The first kappa shape index (κ1) is 21.1. The maximum absolute atomic E-state index is 13.9. The molecule has 0 heterocycles. The lowest BCUT2D eigenvalue weighted by atomic mass is 9.85. The molecule has 0 saturated heterocycles. The van der Waals surface area contributed by atoms with Crippen LogP contribution in [0.15, 0.2) is 11.6 Å². The van der Waals surface area contributed by atoms with Gasteiger partial charge in [-0.3, -0.25) is 0 Å². The zero-order valence-corrected chi connectivity index (χ0v) is 12.3. The summed E-state index contributed by atoms with van der Waals surface area (Å²) in [4.78, 5) is 0. The highest BCUT2D eigenvalue weighted by molar-refractivity contribution is 5.31. The van der Waals surface area contributed by atoms with E-state index in [9.17, 15) is 57.1 Å². The quantitative estimate of drug-likeness (QED) is 0.379. The molecule has 0 N–H and O–H groups in total. The topological polar surface area (TPSA) is 0 Å². The lowest BCUT2D eigenvalue weighted by Crippen LogP contribution is -2.70. The molecule has 13 heteroatoms. The summed E-state index contributed by atoms with van der Waals surface area (Å²) in [6.45, 7) is 0. The number of fused-ring (bicyclic) bond motifs is 2. The summed E-state index contributed by atoms with van der Waals surface area (Å²) in [7, 11) is 0. The van der Waals surface area contributed by atoms with Crippen molar-refractivity contribution in [2.24, 2.45) is 11.8 Å². The molecule has 152 valence electrons. The Bertz CT molecular complexity index is 598. The Hall–Kier alpha value is -1.17. The highest BCUT2D eigenvalue weighted by Gasteiger charge is 2.91. The summed E-state index contributed by atoms with van der Waals surface area (Å²) in [5.74, 6) is -38.5. The SMILES string of the molecule is FC(F)(F)C(F)(F)C(F)(F)C(F)(F)C(F)(F)C(F)(F)C1=CC2CCC1C2. The van der Waals surface area contributed by atoms with Crippen LogP contribution < -0.4 is 0 Å². The molecule has 0 spiro atoms. The van der Waals surface area contributed by atoms with Crippen LogP contribution in [0.5, 0.6) is 0 Å². The highest BCUT2D eigenvalue weighted by Crippen LogP contribution is 2.63. The van der Waals surface area contributed by atoms with E-state index in [1.54, 1.807) is 0 Å². The van der Waals surface area contributed by atoms with Crippen LogP contribution in [-0.2, 0) is 0 Å². The van der Waals surface area contributed by atoms with Gasteiger partial charge in [-0.05, 0) is 31.1 Å². The largest absolute Gasteiger partial charge is 0.460 e. The first-order valence-corrected chi connectivity index (χ1v) is 7.00. The van der Waals surface area contributed by atoms with E-state index in [4.69, 9.17) is 0 Å². The summed E-state index contributed by atoms with van der Waals surface area (Å²) < 4.78 is 169. The standard InChI is InChI=1S/C13H9F13/c14-8(15,7-4-5-1-2-6(7)3-5)9(16,17)10(18,19)11(20,21)12(22,23)13(24,25)26/h4-6H,1-3H2. The van der Waals surface area contributed by atoms with Crippen LogP contribution in [-0.4, -0.2) is 35.8 Å². The molecule has 0 amide bonds. The summed E-state index contributed by atoms with van der Waals surface area (Å²) in [6, 6.07) is 0. The van der Waals surface area contributed by atoms with E-state index >= 15 is 0 Å². The van der Waals surface area contributed by atoms with Gasteiger partial charge in [-0.1, -0.05) is 6.08 Å². The smallest absolute Gasteiger partial charge is 0.194 e.